The topological polar surface area (TPSA) is 29.0 Å². The predicted molar refractivity (Wildman–Crippen MR) is 107 cm³/mol. The number of benzene rings is 1. The zero-order valence-corrected chi connectivity index (χ0v) is 15.9. The fourth-order valence-corrected chi connectivity index (χ4v) is 4.62. The van der Waals surface area contributed by atoms with Crippen LogP contribution in [0.3, 0.4) is 0 Å². The maximum atomic E-state index is 6.45. The van der Waals surface area contributed by atoms with Crippen molar-refractivity contribution in [3.63, 3.8) is 0 Å². The summed E-state index contributed by atoms with van der Waals surface area (Å²) in [4.78, 5) is 11.6. The molecule has 3 nitrogen and oxygen atoms in total. The van der Waals surface area contributed by atoms with Gasteiger partial charge in [-0.3, -0.25) is 0 Å². The molecule has 2 aliphatic rings. The van der Waals surface area contributed by atoms with Crippen LogP contribution in [0.25, 0.3) is 11.1 Å². The lowest BCUT2D eigenvalue weighted by atomic mass is 9.88. The van der Waals surface area contributed by atoms with Gasteiger partial charge in [0.2, 0.25) is 0 Å². The Kier molecular flexibility index (Phi) is 5.66. The van der Waals surface area contributed by atoms with Crippen LogP contribution in [0, 0.1) is 5.92 Å². The Hall–Kier alpha value is -1.71. The van der Waals surface area contributed by atoms with Crippen LogP contribution >= 0.6 is 11.6 Å². The Morgan fingerprint density at radius 2 is 2.04 bits per heavy atom. The largest absolute Gasteiger partial charge is 0.302 e. The minimum Gasteiger partial charge on any atom is -0.302 e. The van der Waals surface area contributed by atoms with Gasteiger partial charge in [-0.2, -0.15) is 0 Å². The number of likely N-dealkylation sites (tertiary alicyclic amines) is 1. The molecule has 1 aromatic carbocycles. The summed E-state index contributed by atoms with van der Waals surface area (Å²) in [6.07, 6.45) is 14.5. The Morgan fingerprint density at radius 3 is 2.88 bits per heavy atom. The van der Waals surface area contributed by atoms with Crippen molar-refractivity contribution in [2.45, 2.75) is 38.0 Å². The Labute approximate surface area is 161 Å². The summed E-state index contributed by atoms with van der Waals surface area (Å²) in [7, 11) is 0. The first-order chi connectivity index (χ1) is 12.8. The van der Waals surface area contributed by atoms with E-state index in [2.05, 4.69) is 28.1 Å². The molecule has 2 heterocycles. The van der Waals surface area contributed by atoms with Crippen molar-refractivity contribution < 1.29 is 0 Å². The van der Waals surface area contributed by atoms with E-state index in [-0.39, 0.29) is 0 Å². The standard InChI is InChI=1S/C22H26ClN3/c23-21-11-5-4-10-19(21)20-13-24-16-25-22(20)18-9-6-12-26(15-18)14-17-7-2-1-3-8-17/h1-2,4-5,10-11,13,16-18H,3,6-9,12,14-15H2/t17-,18-/m1/s1. The summed E-state index contributed by atoms with van der Waals surface area (Å²) in [6.45, 7) is 3.52. The second-order valence-electron chi connectivity index (χ2n) is 7.55. The van der Waals surface area contributed by atoms with E-state index in [4.69, 9.17) is 16.6 Å². The predicted octanol–water partition coefficient (Wildman–Crippen LogP) is 5.33. The molecule has 0 N–H and O–H groups in total. The Balaban J connectivity index is 1.54. The minimum absolute atomic E-state index is 0.456. The molecule has 1 aliphatic carbocycles. The third-order valence-electron chi connectivity index (χ3n) is 5.69. The van der Waals surface area contributed by atoms with Gasteiger partial charge in [-0.25, -0.2) is 9.97 Å². The molecule has 0 amide bonds. The van der Waals surface area contributed by atoms with Crippen molar-refractivity contribution in [3.05, 3.63) is 59.7 Å². The summed E-state index contributed by atoms with van der Waals surface area (Å²) in [6, 6.07) is 8.01. The van der Waals surface area contributed by atoms with Gasteiger partial charge in [0.25, 0.3) is 0 Å². The van der Waals surface area contributed by atoms with E-state index in [0.717, 1.165) is 34.3 Å². The number of rotatable bonds is 4. The van der Waals surface area contributed by atoms with Gasteiger partial charge in [-0.15, -0.1) is 0 Å². The van der Waals surface area contributed by atoms with Crippen molar-refractivity contribution in [2.75, 3.05) is 19.6 Å². The Bertz CT molecular complexity index is 773. The molecule has 1 aliphatic heterocycles. The van der Waals surface area contributed by atoms with Crippen LogP contribution in [0.2, 0.25) is 5.02 Å². The van der Waals surface area contributed by atoms with Crippen LogP contribution in [0.5, 0.6) is 0 Å². The zero-order valence-electron chi connectivity index (χ0n) is 15.1. The number of nitrogens with zero attached hydrogens (tertiary/aromatic N) is 3. The van der Waals surface area contributed by atoms with Gasteiger partial charge < -0.3 is 4.90 Å². The first kappa shape index (κ1) is 17.7. The first-order valence-corrected chi connectivity index (χ1v) is 10.1. The average Bonchev–Trinajstić information content (AvgIpc) is 2.69. The van der Waals surface area contributed by atoms with E-state index in [1.807, 2.05) is 24.4 Å². The van der Waals surface area contributed by atoms with Crippen molar-refractivity contribution in [2.24, 2.45) is 5.92 Å². The van der Waals surface area contributed by atoms with Crippen molar-refractivity contribution in [1.29, 1.82) is 0 Å². The molecule has 2 aromatic rings. The summed E-state index contributed by atoms with van der Waals surface area (Å²) in [5.74, 6) is 1.27. The van der Waals surface area contributed by atoms with Gasteiger partial charge in [0.15, 0.2) is 0 Å². The molecule has 0 unspecified atom stereocenters. The molecule has 0 saturated carbocycles. The van der Waals surface area contributed by atoms with Crippen LogP contribution in [0.1, 0.15) is 43.7 Å². The fraction of sp³-hybridized carbons (Fsp3) is 0.455. The summed E-state index contributed by atoms with van der Waals surface area (Å²) >= 11 is 6.45. The number of aromatic nitrogens is 2. The lowest BCUT2D eigenvalue weighted by Gasteiger charge is -2.35. The summed E-state index contributed by atoms with van der Waals surface area (Å²) < 4.78 is 0. The highest BCUT2D eigenvalue weighted by atomic mass is 35.5. The fourth-order valence-electron chi connectivity index (χ4n) is 4.38. The smallest absolute Gasteiger partial charge is 0.115 e. The van der Waals surface area contributed by atoms with E-state index < -0.39 is 0 Å². The second kappa shape index (κ2) is 8.32. The highest BCUT2D eigenvalue weighted by molar-refractivity contribution is 6.33. The minimum atomic E-state index is 0.456. The van der Waals surface area contributed by atoms with Crippen LogP contribution in [0.4, 0.5) is 0 Å². The highest BCUT2D eigenvalue weighted by Crippen LogP contribution is 2.36. The van der Waals surface area contributed by atoms with Crippen LogP contribution in [-0.4, -0.2) is 34.5 Å². The van der Waals surface area contributed by atoms with Crippen LogP contribution < -0.4 is 0 Å². The van der Waals surface area contributed by atoms with Crippen molar-refractivity contribution in [3.8, 4) is 11.1 Å². The van der Waals surface area contributed by atoms with Gasteiger partial charge in [0.05, 0.1) is 5.69 Å². The van der Waals surface area contributed by atoms with Crippen LogP contribution in [0.15, 0.2) is 48.9 Å². The molecule has 4 heteroatoms. The van der Waals surface area contributed by atoms with Crippen molar-refractivity contribution >= 4 is 11.6 Å². The molecule has 4 rings (SSSR count). The number of allylic oxidation sites excluding steroid dienone is 2. The average molecular weight is 368 g/mol. The molecular formula is C22H26ClN3. The molecule has 1 fully saturated rings. The van der Waals surface area contributed by atoms with E-state index in [9.17, 15) is 0 Å². The van der Waals surface area contributed by atoms with Crippen LogP contribution in [-0.2, 0) is 0 Å². The second-order valence-corrected chi connectivity index (χ2v) is 7.96. The van der Waals surface area contributed by atoms with E-state index in [1.54, 1.807) is 6.33 Å². The number of hydrogen-bond donors (Lipinski definition) is 0. The zero-order chi connectivity index (χ0) is 17.8. The molecule has 26 heavy (non-hydrogen) atoms. The monoisotopic (exact) mass is 367 g/mol. The first-order valence-electron chi connectivity index (χ1n) is 9.73. The van der Waals surface area contributed by atoms with E-state index in [1.165, 1.54) is 45.2 Å². The van der Waals surface area contributed by atoms with Gasteiger partial charge >= 0.3 is 0 Å². The molecule has 0 bridgehead atoms. The quantitative estimate of drug-likeness (QED) is 0.683. The molecular weight excluding hydrogens is 342 g/mol. The third kappa shape index (κ3) is 3.99. The molecule has 1 aromatic heterocycles. The number of halogens is 1. The summed E-state index contributed by atoms with van der Waals surface area (Å²) in [5, 5.41) is 0.769. The SMILES string of the molecule is Clc1ccccc1-c1cncnc1[C@@H]1CCCN(C[C@@H]2CC=CCC2)C1. The van der Waals surface area contributed by atoms with Gasteiger partial charge in [-0.05, 0) is 50.6 Å². The highest BCUT2D eigenvalue weighted by Gasteiger charge is 2.26. The normalized spacial score (nSPS) is 23.9. The number of piperidine rings is 1. The van der Waals surface area contributed by atoms with Gasteiger partial charge in [0, 0.05) is 41.4 Å². The van der Waals surface area contributed by atoms with Gasteiger partial charge in [0.1, 0.15) is 6.33 Å². The van der Waals surface area contributed by atoms with E-state index in [0.29, 0.717) is 5.92 Å². The third-order valence-corrected chi connectivity index (χ3v) is 6.02. The molecule has 2 atom stereocenters. The molecule has 1 saturated heterocycles. The molecule has 136 valence electrons. The lowest BCUT2D eigenvalue weighted by Crippen LogP contribution is -2.38. The maximum Gasteiger partial charge on any atom is 0.115 e. The van der Waals surface area contributed by atoms with Crippen molar-refractivity contribution in [1.82, 2.24) is 14.9 Å². The van der Waals surface area contributed by atoms with Gasteiger partial charge in [-0.1, -0.05) is 42.0 Å². The molecule has 0 radical (unpaired) electrons. The Morgan fingerprint density at radius 1 is 1.12 bits per heavy atom. The summed E-state index contributed by atoms with van der Waals surface area (Å²) in [5.41, 5.74) is 3.28. The lowest BCUT2D eigenvalue weighted by molar-refractivity contribution is 0.173. The number of hydrogen-bond acceptors (Lipinski definition) is 3. The molecule has 0 spiro atoms. The van der Waals surface area contributed by atoms with E-state index >= 15 is 0 Å². The maximum absolute atomic E-state index is 6.45.